The highest BCUT2D eigenvalue weighted by Crippen LogP contribution is 2.12. The molecule has 1 atom stereocenters. The van der Waals surface area contributed by atoms with E-state index in [1.54, 1.807) is 12.4 Å². The Hall–Kier alpha value is -2.30. The SMILES string of the molecule is CC(NC(=O)CCc1ccc(F)c(F)c1)c1ccncc1. The number of rotatable bonds is 5. The third-order valence-corrected chi connectivity index (χ3v) is 3.21. The Bertz CT molecular complexity index is 617. The van der Waals surface area contributed by atoms with E-state index in [0.29, 0.717) is 12.0 Å². The van der Waals surface area contributed by atoms with Crippen molar-refractivity contribution in [2.75, 3.05) is 0 Å². The molecule has 0 aliphatic heterocycles. The van der Waals surface area contributed by atoms with Gasteiger partial charge in [-0.3, -0.25) is 9.78 Å². The molecular weight excluding hydrogens is 274 g/mol. The molecule has 1 aromatic heterocycles. The minimum absolute atomic E-state index is 0.120. The van der Waals surface area contributed by atoms with Gasteiger partial charge in [-0.15, -0.1) is 0 Å². The number of hydrogen-bond acceptors (Lipinski definition) is 2. The van der Waals surface area contributed by atoms with Crippen molar-refractivity contribution in [1.29, 1.82) is 0 Å². The molecule has 0 saturated carbocycles. The van der Waals surface area contributed by atoms with Gasteiger partial charge in [0.1, 0.15) is 0 Å². The Kier molecular flexibility index (Phi) is 4.98. The number of benzene rings is 1. The number of amides is 1. The molecule has 0 spiro atoms. The number of aromatic nitrogens is 1. The lowest BCUT2D eigenvalue weighted by Crippen LogP contribution is -2.26. The quantitative estimate of drug-likeness (QED) is 0.919. The molecule has 2 aromatic rings. The Labute approximate surface area is 122 Å². The van der Waals surface area contributed by atoms with Crippen molar-refractivity contribution in [3.63, 3.8) is 0 Å². The van der Waals surface area contributed by atoms with Crippen LogP contribution in [-0.2, 0) is 11.2 Å². The van der Waals surface area contributed by atoms with Crippen molar-refractivity contribution < 1.29 is 13.6 Å². The van der Waals surface area contributed by atoms with Crippen molar-refractivity contribution in [1.82, 2.24) is 10.3 Å². The first-order valence-corrected chi connectivity index (χ1v) is 6.69. The van der Waals surface area contributed by atoms with Gasteiger partial charge in [-0.05, 0) is 48.7 Å². The van der Waals surface area contributed by atoms with Crippen LogP contribution in [0.5, 0.6) is 0 Å². The van der Waals surface area contributed by atoms with Crippen molar-refractivity contribution in [2.45, 2.75) is 25.8 Å². The van der Waals surface area contributed by atoms with Gasteiger partial charge in [0.25, 0.3) is 0 Å². The van der Waals surface area contributed by atoms with Crippen LogP contribution in [0.2, 0.25) is 0 Å². The monoisotopic (exact) mass is 290 g/mol. The van der Waals surface area contributed by atoms with E-state index in [-0.39, 0.29) is 18.4 Å². The summed E-state index contributed by atoms with van der Waals surface area (Å²) in [5.74, 6) is -1.91. The van der Waals surface area contributed by atoms with Crippen LogP contribution in [-0.4, -0.2) is 10.9 Å². The molecule has 1 heterocycles. The fourth-order valence-corrected chi connectivity index (χ4v) is 2.00. The molecule has 1 N–H and O–H groups in total. The molecule has 110 valence electrons. The van der Waals surface area contributed by atoms with Crippen LogP contribution in [0, 0.1) is 11.6 Å². The largest absolute Gasteiger partial charge is 0.350 e. The predicted octanol–water partition coefficient (Wildman–Crippen LogP) is 3.17. The normalized spacial score (nSPS) is 12.0. The van der Waals surface area contributed by atoms with Crippen LogP contribution in [0.1, 0.15) is 30.5 Å². The Morgan fingerprint density at radius 3 is 2.57 bits per heavy atom. The van der Waals surface area contributed by atoms with Crippen LogP contribution >= 0.6 is 0 Å². The average Bonchev–Trinajstić information content (AvgIpc) is 2.49. The van der Waals surface area contributed by atoms with Gasteiger partial charge in [0.05, 0.1) is 6.04 Å². The third-order valence-electron chi connectivity index (χ3n) is 3.21. The molecule has 0 aliphatic rings. The van der Waals surface area contributed by atoms with Crippen LogP contribution < -0.4 is 5.32 Å². The molecule has 1 amide bonds. The van der Waals surface area contributed by atoms with E-state index >= 15 is 0 Å². The first-order valence-electron chi connectivity index (χ1n) is 6.69. The van der Waals surface area contributed by atoms with Gasteiger partial charge in [-0.25, -0.2) is 8.78 Å². The standard InChI is InChI=1S/C16H16F2N2O/c1-11(13-6-8-19-9-7-13)20-16(21)5-3-12-2-4-14(17)15(18)10-12/h2,4,6-11H,3,5H2,1H3,(H,20,21). The number of nitrogens with one attached hydrogen (secondary N) is 1. The molecule has 0 radical (unpaired) electrons. The minimum Gasteiger partial charge on any atom is -0.350 e. The molecule has 0 bridgehead atoms. The lowest BCUT2D eigenvalue weighted by atomic mass is 10.1. The Morgan fingerprint density at radius 2 is 1.90 bits per heavy atom. The van der Waals surface area contributed by atoms with Crippen molar-refractivity contribution in [3.8, 4) is 0 Å². The first-order chi connectivity index (χ1) is 10.1. The number of halogens is 2. The van der Waals surface area contributed by atoms with Gasteiger partial charge in [0.15, 0.2) is 11.6 Å². The molecule has 0 fully saturated rings. The van der Waals surface area contributed by atoms with Gasteiger partial charge in [-0.2, -0.15) is 0 Å². The van der Waals surface area contributed by atoms with E-state index in [2.05, 4.69) is 10.3 Å². The number of nitrogens with zero attached hydrogens (tertiary/aromatic N) is 1. The number of hydrogen-bond donors (Lipinski definition) is 1. The van der Waals surface area contributed by atoms with E-state index in [9.17, 15) is 13.6 Å². The van der Waals surface area contributed by atoms with Crippen LogP contribution in [0.25, 0.3) is 0 Å². The summed E-state index contributed by atoms with van der Waals surface area (Å²) < 4.78 is 25.9. The van der Waals surface area contributed by atoms with Crippen LogP contribution in [0.15, 0.2) is 42.7 Å². The van der Waals surface area contributed by atoms with Crippen LogP contribution in [0.4, 0.5) is 8.78 Å². The lowest BCUT2D eigenvalue weighted by Gasteiger charge is -2.14. The molecule has 1 unspecified atom stereocenters. The third kappa shape index (κ3) is 4.34. The number of aryl methyl sites for hydroxylation is 1. The summed E-state index contributed by atoms with van der Waals surface area (Å²) in [6.07, 6.45) is 3.92. The molecule has 21 heavy (non-hydrogen) atoms. The number of pyridine rings is 1. The second-order valence-corrected chi connectivity index (χ2v) is 4.82. The number of carbonyl (C=O) groups is 1. The van der Waals surface area contributed by atoms with E-state index in [4.69, 9.17) is 0 Å². The van der Waals surface area contributed by atoms with E-state index < -0.39 is 11.6 Å². The summed E-state index contributed by atoms with van der Waals surface area (Å²) in [6, 6.07) is 7.22. The Morgan fingerprint density at radius 1 is 1.19 bits per heavy atom. The lowest BCUT2D eigenvalue weighted by molar-refractivity contribution is -0.121. The Balaban J connectivity index is 1.86. The number of carbonyl (C=O) groups excluding carboxylic acids is 1. The second kappa shape index (κ2) is 6.92. The molecule has 3 nitrogen and oxygen atoms in total. The summed E-state index contributed by atoms with van der Waals surface area (Å²) in [5, 5.41) is 2.86. The van der Waals surface area contributed by atoms with E-state index in [1.807, 2.05) is 19.1 Å². The smallest absolute Gasteiger partial charge is 0.220 e. The van der Waals surface area contributed by atoms with Crippen LogP contribution in [0.3, 0.4) is 0 Å². The topological polar surface area (TPSA) is 42.0 Å². The van der Waals surface area contributed by atoms with Crippen molar-refractivity contribution >= 4 is 5.91 Å². The van der Waals surface area contributed by atoms with Gasteiger partial charge in [0.2, 0.25) is 5.91 Å². The maximum Gasteiger partial charge on any atom is 0.220 e. The van der Waals surface area contributed by atoms with E-state index in [0.717, 1.165) is 17.7 Å². The second-order valence-electron chi connectivity index (χ2n) is 4.82. The molecule has 2 rings (SSSR count). The summed E-state index contributed by atoms with van der Waals surface area (Å²) >= 11 is 0. The summed E-state index contributed by atoms with van der Waals surface area (Å²) in [7, 11) is 0. The highest BCUT2D eigenvalue weighted by atomic mass is 19.2. The highest BCUT2D eigenvalue weighted by Gasteiger charge is 2.10. The highest BCUT2D eigenvalue weighted by molar-refractivity contribution is 5.76. The van der Waals surface area contributed by atoms with E-state index in [1.165, 1.54) is 6.07 Å². The molecule has 0 saturated heterocycles. The molecular formula is C16H16F2N2O. The zero-order valence-electron chi connectivity index (χ0n) is 11.6. The predicted molar refractivity (Wildman–Crippen MR) is 75.5 cm³/mol. The van der Waals surface area contributed by atoms with Gasteiger partial charge >= 0.3 is 0 Å². The summed E-state index contributed by atoms with van der Waals surface area (Å²) in [4.78, 5) is 15.8. The average molecular weight is 290 g/mol. The minimum atomic E-state index is -0.891. The zero-order valence-corrected chi connectivity index (χ0v) is 11.6. The first kappa shape index (κ1) is 15.1. The maximum atomic E-state index is 13.1. The van der Waals surface area contributed by atoms with Gasteiger partial charge < -0.3 is 5.32 Å². The molecule has 1 aromatic carbocycles. The van der Waals surface area contributed by atoms with Crippen molar-refractivity contribution in [2.24, 2.45) is 0 Å². The maximum absolute atomic E-state index is 13.1. The fourth-order valence-electron chi connectivity index (χ4n) is 2.00. The zero-order chi connectivity index (χ0) is 15.2. The molecule has 5 heteroatoms. The van der Waals surface area contributed by atoms with Crippen molar-refractivity contribution in [3.05, 3.63) is 65.5 Å². The summed E-state index contributed by atoms with van der Waals surface area (Å²) in [6.45, 7) is 1.88. The fraction of sp³-hybridized carbons (Fsp3) is 0.250. The van der Waals surface area contributed by atoms with Gasteiger partial charge in [-0.1, -0.05) is 6.07 Å². The van der Waals surface area contributed by atoms with Gasteiger partial charge in [0, 0.05) is 18.8 Å². The molecule has 0 aliphatic carbocycles. The summed E-state index contributed by atoms with van der Waals surface area (Å²) in [5.41, 5.74) is 1.56.